The Bertz CT molecular complexity index is 5990. The molecule has 0 radical (unpaired) electrons. The SMILES string of the molecule is Cc1ccc2c(c1)c(N=O)c(O)n2Cc1ccc(Cl)cc1.O=Nc1c(O)n(Cc2ccc(Cl)c(Cl)c2)c2ccc(Cl)cc12.O=Nc1c(O)n(Cc2ccc(F)cc2)c2ccccc12.O=Nc1c(O)n(Cc2ccc([N+](=O)[O-])cc2)c2ccccc12.O=Nc1c(O)n(Cc2cccc(C(F)(F)F)c2)c2ccc(Cl)cc12. The first-order chi connectivity index (χ1) is 52.2. The molecular weight excluding hydrogens is 1520 g/mol. The Morgan fingerprint density at radius 3 is 1.11 bits per heavy atom. The molecule has 0 fully saturated rings. The van der Waals surface area contributed by atoms with E-state index in [2.05, 4.69) is 25.9 Å². The zero-order valence-corrected chi connectivity index (χ0v) is 60.0. The third-order valence-electron chi connectivity index (χ3n) is 17.3. The summed E-state index contributed by atoms with van der Waals surface area (Å²) in [5.41, 5.74) is 7.09. The number of aromatic nitrogens is 5. The number of hydrogen-bond acceptors (Lipinski definition) is 17. The highest BCUT2D eigenvalue weighted by atomic mass is 35.5. The van der Waals surface area contributed by atoms with Gasteiger partial charge in [0, 0.05) is 54.1 Å². The fourth-order valence-electron chi connectivity index (χ4n) is 12.1. The molecule has 552 valence electrons. The minimum atomic E-state index is -4.46. The van der Waals surface area contributed by atoms with Gasteiger partial charge in [-0.2, -0.15) is 13.2 Å². The molecular formula is C77H54Cl5F4N11O12. The van der Waals surface area contributed by atoms with Crippen molar-refractivity contribution in [2.24, 2.45) is 25.9 Å². The summed E-state index contributed by atoms with van der Waals surface area (Å²) in [5, 5.41) is 81.1. The van der Waals surface area contributed by atoms with Crippen LogP contribution in [-0.4, -0.2) is 53.3 Å². The van der Waals surface area contributed by atoms with E-state index in [1.165, 1.54) is 47.0 Å². The highest BCUT2D eigenvalue weighted by molar-refractivity contribution is 6.42. The van der Waals surface area contributed by atoms with Gasteiger partial charge >= 0.3 is 6.18 Å². The van der Waals surface area contributed by atoms with Crippen molar-refractivity contribution in [3.05, 3.63) is 323 Å². The van der Waals surface area contributed by atoms with Gasteiger partial charge in [-0.1, -0.05) is 161 Å². The molecule has 0 amide bonds. The van der Waals surface area contributed by atoms with Crippen LogP contribution >= 0.6 is 58.0 Å². The Morgan fingerprint density at radius 2 is 0.706 bits per heavy atom. The van der Waals surface area contributed by atoms with Crippen molar-refractivity contribution in [2.75, 3.05) is 0 Å². The van der Waals surface area contributed by atoms with Crippen LogP contribution in [0.25, 0.3) is 54.5 Å². The Morgan fingerprint density at radius 1 is 0.367 bits per heavy atom. The van der Waals surface area contributed by atoms with Crippen molar-refractivity contribution in [3.63, 3.8) is 0 Å². The van der Waals surface area contributed by atoms with Crippen molar-refractivity contribution in [1.82, 2.24) is 22.8 Å². The molecule has 5 N–H and O–H groups in total. The average molecular weight is 1580 g/mol. The Balaban J connectivity index is 0.000000135. The number of nitro benzene ring substituents is 1. The standard InChI is InChI=1S/C16H10ClF3N2O2.C16H13ClN2O2.C15H9Cl3N2O2.C15H11FN2O2.C15H11N3O4/c17-11-4-5-13-12(7-11)14(21-24)15(23)22(13)8-9-2-1-3-10(6-9)16(18,19)20;1-10-2-7-14-13(8-10)15(18-21)16(20)19(14)9-11-3-5-12(17)6-4-11;16-9-2-4-13-10(6-9)14(19-22)15(21)20(13)7-8-1-3-11(17)12(18)5-8;16-11-7-5-10(6-8-11)9-18-13-4-2-1-3-12(13)14(17-20)15(18)19;19-15-14(16-20)12-3-1-2-4-13(12)17(15)9-10-5-7-11(8-6-10)18(21)22/h1-7,23H,8H2;2-8,20H,9H2,1H3;1-6,21H,7H2;1-8,19H,9H2;1-8,19H,9H2. The van der Waals surface area contributed by atoms with E-state index in [-0.39, 0.29) is 76.6 Å². The maximum atomic E-state index is 12.9. The number of aryl methyl sites for hydroxylation is 1. The number of nitroso groups, excluding NO2 is 5. The zero-order chi connectivity index (χ0) is 78.1. The minimum absolute atomic E-state index is 0.000540. The molecule has 10 aromatic carbocycles. The van der Waals surface area contributed by atoms with Gasteiger partial charge in [-0.05, 0) is 170 Å². The lowest BCUT2D eigenvalue weighted by Crippen LogP contribution is -2.06. The zero-order valence-electron chi connectivity index (χ0n) is 56.2. The van der Waals surface area contributed by atoms with Gasteiger partial charge in [-0.25, -0.2) is 4.39 Å². The Kier molecular flexibility index (Phi) is 23.8. The molecule has 0 spiro atoms. The van der Waals surface area contributed by atoms with Crippen LogP contribution in [0.3, 0.4) is 0 Å². The van der Waals surface area contributed by atoms with Gasteiger partial charge < -0.3 is 48.4 Å². The second-order valence-electron chi connectivity index (χ2n) is 24.2. The van der Waals surface area contributed by atoms with E-state index in [0.717, 1.165) is 45.5 Å². The van der Waals surface area contributed by atoms with Crippen LogP contribution in [0.5, 0.6) is 29.4 Å². The van der Waals surface area contributed by atoms with E-state index in [4.69, 9.17) is 58.0 Å². The van der Waals surface area contributed by atoms with Gasteiger partial charge in [-0.15, -0.1) is 24.5 Å². The molecule has 0 aliphatic heterocycles. The van der Waals surface area contributed by atoms with Crippen LogP contribution < -0.4 is 0 Å². The molecule has 0 unspecified atom stereocenters. The number of nitrogens with zero attached hydrogens (tertiary/aromatic N) is 11. The molecule has 109 heavy (non-hydrogen) atoms. The molecule has 0 aliphatic carbocycles. The second kappa shape index (κ2) is 33.5. The van der Waals surface area contributed by atoms with Gasteiger partial charge in [-0.3, -0.25) is 10.1 Å². The van der Waals surface area contributed by atoms with Crippen molar-refractivity contribution in [2.45, 2.75) is 45.8 Å². The third kappa shape index (κ3) is 17.0. The van der Waals surface area contributed by atoms with Crippen molar-refractivity contribution in [3.8, 4) is 29.4 Å². The molecule has 5 aromatic heterocycles. The van der Waals surface area contributed by atoms with Crippen LogP contribution in [-0.2, 0) is 38.9 Å². The van der Waals surface area contributed by atoms with Crippen LogP contribution in [0.2, 0.25) is 25.1 Å². The van der Waals surface area contributed by atoms with Crippen LogP contribution in [0, 0.1) is 47.4 Å². The summed E-state index contributed by atoms with van der Waals surface area (Å²) in [6, 6.07) is 58.7. The minimum Gasteiger partial charge on any atom is -0.493 e. The molecule has 15 rings (SSSR count). The molecule has 5 heterocycles. The number of nitro groups is 1. The molecule has 0 bridgehead atoms. The average Bonchev–Trinajstić information content (AvgIpc) is 1.65. The van der Waals surface area contributed by atoms with E-state index in [0.29, 0.717) is 99.3 Å². The van der Waals surface area contributed by atoms with E-state index in [9.17, 15) is 77.7 Å². The first-order valence-corrected chi connectivity index (χ1v) is 34.1. The maximum absolute atomic E-state index is 12.9. The molecule has 23 nitrogen and oxygen atoms in total. The summed E-state index contributed by atoms with van der Waals surface area (Å²) in [7, 11) is 0. The summed E-state index contributed by atoms with van der Waals surface area (Å²) in [5.74, 6) is -1.44. The van der Waals surface area contributed by atoms with Gasteiger partial charge in [0.05, 0.1) is 80.8 Å². The van der Waals surface area contributed by atoms with Crippen molar-refractivity contribution < 1.29 is 48.0 Å². The maximum Gasteiger partial charge on any atom is 0.416 e. The predicted molar refractivity (Wildman–Crippen MR) is 414 cm³/mol. The number of aromatic hydroxyl groups is 5. The third-order valence-corrected chi connectivity index (χ3v) is 18.8. The van der Waals surface area contributed by atoms with Gasteiger partial charge in [0.1, 0.15) is 5.82 Å². The summed E-state index contributed by atoms with van der Waals surface area (Å²) in [6.45, 7) is 3.25. The van der Waals surface area contributed by atoms with E-state index in [1.54, 1.807) is 146 Å². The Hall–Kier alpha value is -12.5. The molecule has 0 saturated heterocycles. The van der Waals surface area contributed by atoms with Crippen molar-refractivity contribution >= 4 is 147 Å². The lowest BCUT2D eigenvalue weighted by Gasteiger charge is -2.11. The first kappa shape index (κ1) is 77.6. The summed E-state index contributed by atoms with van der Waals surface area (Å²) >= 11 is 29.6. The predicted octanol–water partition coefficient (Wildman–Crippen LogP) is 23.6. The van der Waals surface area contributed by atoms with E-state index < -0.39 is 22.5 Å². The quantitative estimate of drug-likeness (QED) is 0.0261. The highest BCUT2D eigenvalue weighted by Gasteiger charge is 2.31. The molecule has 15 aromatic rings. The van der Waals surface area contributed by atoms with Gasteiger partial charge in [0.2, 0.25) is 29.4 Å². The van der Waals surface area contributed by atoms with E-state index in [1.807, 2.05) is 43.3 Å². The van der Waals surface area contributed by atoms with Crippen LogP contribution in [0.1, 0.15) is 38.9 Å². The molecule has 0 aliphatic rings. The lowest BCUT2D eigenvalue weighted by atomic mass is 10.1. The van der Waals surface area contributed by atoms with Crippen LogP contribution in [0.15, 0.2) is 244 Å². The number of non-ortho nitro benzene ring substituents is 1. The number of para-hydroxylation sites is 2. The summed E-state index contributed by atoms with van der Waals surface area (Å²) in [4.78, 5) is 65.0. The largest absolute Gasteiger partial charge is 0.493 e. The number of fused-ring (bicyclic) bond motifs is 5. The monoisotopic (exact) mass is 1580 g/mol. The van der Waals surface area contributed by atoms with E-state index >= 15 is 0 Å². The Labute approximate surface area is 637 Å². The second-order valence-corrected chi connectivity index (χ2v) is 26.4. The number of halogens is 9. The number of hydrogen-bond donors (Lipinski definition) is 5. The molecule has 0 atom stereocenters. The number of rotatable bonds is 16. The highest BCUT2D eigenvalue weighted by Crippen LogP contribution is 2.45. The topological polar surface area (TPSA) is 316 Å². The lowest BCUT2D eigenvalue weighted by molar-refractivity contribution is -0.384. The normalized spacial score (nSPS) is 11.1. The summed E-state index contributed by atoms with van der Waals surface area (Å²) in [6.07, 6.45) is -4.46. The number of benzene rings is 10. The first-order valence-electron chi connectivity index (χ1n) is 32.2. The smallest absolute Gasteiger partial charge is 0.416 e. The summed E-state index contributed by atoms with van der Waals surface area (Å²) < 4.78 is 59.0. The van der Waals surface area contributed by atoms with Gasteiger partial charge in [0.25, 0.3) is 5.69 Å². The molecule has 32 heteroatoms. The van der Waals surface area contributed by atoms with Crippen molar-refractivity contribution in [1.29, 1.82) is 0 Å². The van der Waals surface area contributed by atoms with Crippen LogP contribution in [0.4, 0.5) is 51.7 Å². The molecule has 0 saturated carbocycles. The number of alkyl halides is 3. The fraction of sp³-hybridized carbons (Fsp3) is 0.0909. The fourth-order valence-corrected chi connectivity index (χ4v) is 12.9. The van der Waals surface area contributed by atoms with Gasteiger partial charge in [0.15, 0.2) is 28.4 Å².